The maximum absolute atomic E-state index is 12.1. The SMILES string of the molecule is CCCC(=O)Nc1ccc2c(c1)nc(CCNC(=O)c1ccccc1)n2C. The van der Waals surface area contributed by atoms with Crippen LogP contribution >= 0.6 is 0 Å². The highest BCUT2D eigenvalue weighted by Crippen LogP contribution is 2.20. The monoisotopic (exact) mass is 364 g/mol. The summed E-state index contributed by atoms with van der Waals surface area (Å²) in [4.78, 5) is 28.5. The van der Waals surface area contributed by atoms with Crippen molar-refractivity contribution in [1.29, 1.82) is 0 Å². The molecule has 0 aliphatic heterocycles. The van der Waals surface area contributed by atoms with E-state index in [4.69, 9.17) is 0 Å². The van der Waals surface area contributed by atoms with E-state index in [0.29, 0.717) is 24.9 Å². The summed E-state index contributed by atoms with van der Waals surface area (Å²) in [6.45, 7) is 2.48. The molecule has 1 heterocycles. The Balaban J connectivity index is 1.65. The summed E-state index contributed by atoms with van der Waals surface area (Å²) in [6.07, 6.45) is 1.95. The molecule has 0 saturated heterocycles. The first-order chi connectivity index (χ1) is 13.1. The fourth-order valence-corrected chi connectivity index (χ4v) is 2.98. The lowest BCUT2D eigenvalue weighted by Gasteiger charge is -2.06. The van der Waals surface area contributed by atoms with Crippen molar-refractivity contribution in [2.45, 2.75) is 26.2 Å². The highest BCUT2D eigenvalue weighted by atomic mass is 16.2. The Labute approximate surface area is 158 Å². The number of benzene rings is 2. The smallest absolute Gasteiger partial charge is 0.251 e. The number of rotatable bonds is 7. The summed E-state index contributed by atoms with van der Waals surface area (Å²) in [6, 6.07) is 14.9. The Hall–Kier alpha value is -3.15. The maximum Gasteiger partial charge on any atom is 0.251 e. The summed E-state index contributed by atoms with van der Waals surface area (Å²) in [7, 11) is 1.96. The third-order valence-corrected chi connectivity index (χ3v) is 4.40. The molecule has 0 saturated carbocycles. The van der Waals surface area contributed by atoms with E-state index < -0.39 is 0 Å². The third-order valence-electron chi connectivity index (χ3n) is 4.40. The van der Waals surface area contributed by atoms with E-state index in [1.807, 2.05) is 54.9 Å². The Morgan fingerprint density at radius 1 is 1.11 bits per heavy atom. The average Bonchev–Trinajstić information content (AvgIpc) is 2.98. The van der Waals surface area contributed by atoms with Gasteiger partial charge >= 0.3 is 0 Å². The Morgan fingerprint density at radius 3 is 2.63 bits per heavy atom. The van der Waals surface area contributed by atoms with Crippen molar-refractivity contribution in [3.63, 3.8) is 0 Å². The normalized spacial score (nSPS) is 10.7. The van der Waals surface area contributed by atoms with Crippen molar-refractivity contribution < 1.29 is 9.59 Å². The number of aryl methyl sites for hydroxylation is 1. The first kappa shape index (κ1) is 18.6. The number of nitrogens with one attached hydrogen (secondary N) is 2. The van der Waals surface area contributed by atoms with Crippen LogP contribution in [0.15, 0.2) is 48.5 Å². The first-order valence-electron chi connectivity index (χ1n) is 9.17. The van der Waals surface area contributed by atoms with Gasteiger partial charge in [0, 0.05) is 37.7 Å². The number of carbonyl (C=O) groups is 2. The van der Waals surface area contributed by atoms with Gasteiger partial charge in [-0.1, -0.05) is 25.1 Å². The average molecular weight is 364 g/mol. The molecule has 0 atom stereocenters. The van der Waals surface area contributed by atoms with E-state index >= 15 is 0 Å². The van der Waals surface area contributed by atoms with Gasteiger partial charge in [0.25, 0.3) is 5.91 Å². The maximum atomic E-state index is 12.1. The van der Waals surface area contributed by atoms with Gasteiger partial charge in [-0.3, -0.25) is 9.59 Å². The molecule has 3 aromatic rings. The van der Waals surface area contributed by atoms with Crippen LogP contribution in [0.25, 0.3) is 11.0 Å². The van der Waals surface area contributed by atoms with Crippen molar-refractivity contribution in [2.75, 3.05) is 11.9 Å². The highest BCUT2D eigenvalue weighted by molar-refractivity contribution is 5.94. The number of anilines is 1. The van der Waals surface area contributed by atoms with Crippen molar-refractivity contribution in [2.24, 2.45) is 7.05 Å². The largest absolute Gasteiger partial charge is 0.352 e. The number of imidazole rings is 1. The molecule has 27 heavy (non-hydrogen) atoms. The van der Waals surface area contributed by atoms with E-state index in [0.717, 1.165) is 29.0 Å². The van der Waals surface area contributed by atoms with Crippen LogP contribution in [0.5, 0.6) is 0 Å². The Morgan fingerprint density at radius 2 is 1.89 bits per heavy atom. The topological polar surface area (TPSA) is 76.0 Å². The molecule has 0 bridgehead atoms. The Bertz CT molecular complexity index is 947. The highest BCUT2D eigenvalue weighted by Gasteiger charge is 2.10. The van der Waals surface area contributed by atoms with E-state index in [1.165, 1.54) is 0 Å². The summed E-state index contributed by atoms with van der Waals surface area (Å²) in [5.74, 6) is 0.808. The van der Waals surface area contributed by atoms with Gasteiger partial charge < -0.3 is 15.2 Å². The molecule has 3 rings (SSSR count). The van der Waals surface area contributed by atoms with Gasteiger partial charge in [0.05, 0.1) is 11.0 Å². The zero-order chi connectivity index (χ0) is 19.2. The Kier molecular flexibility index (Phi) is 5.86. The van der Waals surface area contributed by atoms with Crippen LogP contribution in [0.2, 0.25) is 0 Å². The molecule has 0 unspecified atom stereocenters. The molecule has 0 fully saturated rings. The first-order valence-corrected chi connectivity index (χ1v) is 9.17. The quantitative estimate of drug-likeness (QED) is 0.675. The zero-order valence-corrected chi connectivity index (χ0v) is 15.7. The second kappa shape index (κ2) is 8.49. The number of hydrogen-bond donors (Lipinski definition) is 2. The molecular weight excluding hydrogens is 340 g/mol. The summed E-state index contributed by atoms with van der Waals surface area (Å²) < 4.78 is 2.02. The number of aromatic nitrogens is 2. The lowest BCUT2D eigenvalue weighted by Crippen LogP contribution is -2.26. The molecule has 0 aliphatic rings. The predicted octanol–water partition coefficient (Wildman–Crippen LogP) is 3.28. The van der Waals surface area contributed by atoms with Crippen LogP contribution < -0.4 is 10.6 Å². The lowest BCUT2D eigenvalue weighted by atomic mass is 10.2. The number of nitrogens with zero attached hydrogens (tertiary/aromatic N) is 2. The van der Waals surface area contributed by atoms with Crippen LogP contribution in [0.4, 0.5) is 5.69 Å². The number of carbonyl (C=O) groups excluding carboxylic acids is 2. The van der Waals surface area contributed by atoms with Gasteiger partial charge in [0.1, 0.15) is 5.82 Å². The minimum atomic E-state index is -0.0877. The molecule has 2 amide bonds. The fraction of sp³-hybridized carbons (Fsp3) is 0.286. The van der Waals surface area contributed by atoms with Crippen LogP contribution in [0, 0.1) is 0 Å². The molecule has 0 aliphatic carbocycles. The van der Waals surface area contributed by atoms with Crippen LogP contribution in [0.3, 0.4) is 0 Å². The lowest BCUT2D eigenvalue weighted by molar-refractivity contribution is -0.116. The number of hydrogen-bond acceptors (Lipinski definition) is 3. The molecule has 0 radical (unpaired) electrons. The molecule has 0 spiro atoms. The molecule has 140 valence electrons. The van der Waals surface area contributed by atoms with Crippen LogP contribution in [0.1, 0.15) is 35.9 Å². The minimum Gasteiger partial charge on any atom is -0.352 e. The predicted molar refractivity (Wildman–Crippen MR) is 107 cm³/mol. The van der Waals surface area contributed by atoms with Crippen molar-refractivity contribution in [3.8, 4) is 0 Å². The van der Waals surface area contributed by atoms with Crippen LogP contribution in [-0.2, 0) is 18.3 Å². The summed E-state index contributed by atoms with van der Waals surface area (Å²) >= 11 is 0. The number of fused-ring (bicyclic) bond motifs is 1. The van der Waals surface area contributed by atoms with Gasteiger partial charge in [0.15, 0.2) is 0 Å². The van der Waals surface area contributed by atoms with Crippen molar-refractivity contribution in [3.05, 3.63) is 59.9 Å². The van der Waals surface area contributed by atoms with E-state index in [-0.39, 0.29) is 11.8 Å². The van der Waals surface area contributed by atoms with Gasteiger partial charge in [-0.25, -0.2) is 4.98 Å². The molecular formula is C21H24N4O2. The van der Waals surface area contributed by atoms with Crippen LogP contribution in [-0.4, -0.2) is 27.9 Å². The second-order valence-electron chi connectivity index (χ2n) is 6.46. The molecule has 6 nitrogen and oxygen atoms in total. The molecule has 6 heteroatoms. The van der Waals surface area contributed by atoms with Crippen molar-refractivity contribution in [1.82, 2.24) is 14.9 Å². The molecule has 1 aromatic heterocycles. The van der Waals surface area contributed by atoms with Gasteiger partial charge in [-0.15, -0.1) is 0 Å². The minimum absolute atomic E-state index is 0.0108. The van der Waals surface area contributed by atoms with Gasteiger partial charge in [-0.05, 0) is 36.8 Å². The fourth-order valence-electron chi connectivity index (χ4n) is 2.98. The van der Waals surface area contributed by atoms with Crippen molar-refractivity contribution >= 4 is 28.5 Å². The van der Waals surface area contributed by atoms with Gasteiger partial charge in [-0.2, -0.15) is 0 Å². The second-order valence-corrected chi connectivity index (χ2v) is 6.46. The summed E-state index contributed by atoms with van der Waals surface area (Å²) in [5, 5.41) is 5.82. The third kappa shape index (κ3) is 4.53. The number of amides is 2. The zero-order valence-electron chi connectivity index (χ0n) is 15.7. The summed E-state index contributed by atoms with van der Waals surface area (Å²) in [5.41, 5.74) is 3.22. The van der Waals surface area contributed by atoms with E-state index in [9.17, 15) is 9.59 Å². The standard InChI is InChI=1S/C21H24N4O2/c1-3-7-20(26)23-16-10-11-18-17(14-16)24-19(25(18)2)12-13-22-21(27)15-8-5-4-6-9-15/h4-6,8-11,14H,3,7,12-13H2,1-2H3,(H,22,27)(H,23,26). The molecule has 2 N–H and O–H groups in total. The van der Waals surface area contributed by atoms with E-state index in [1.54, 1.807) is 12.1 Å². The molecule has 2 aromatic carbocycles. The van der Waals surface area contributed by atoms with E-state index in [2.05, 4.69) is 15.6 Å². The van der Waals surface area contributed by atoms with Gasteiger partial charge in [0.2, 0.25) is 5.91 Å².